The Morgan fingerprint density at radius 1 is 1.08 bits per heavy atom. The van der Waals surface area contributed by atoms with Crippen LogP contribution >= 0.6 is 0 Å². The molecule has 0 unspecified atom stereocenters. The first-order valence-electron chi connectivity index (χ1n) is 8.51. The quantitative estimate of drug-likeness (QED) is 0.569. The minimum Gasteiger partial charge on any atom is -0.497 e. The third-order valence-electron chi connectivity index (χ3n) is 4.12. The molecule has 1 aromatic carbocycles. The van der Waals surface area contributed by atoms with Crippen molar-refractivity contribution in [3.8, 4) is 5.75 Å². The lowest BCUT2D eigenvalue weighted by molar-refractivity contribution is -0.129. The average Bonchev–Trinajstić information content (AvgIpc) is 2.61. The van der Waals surface area contributed by atoms with Gasteiger partial charge in [-0.05, 0) is 49.8 Å². The number of rotatable bonds is 8. The van der Waals surface area contributed by atoms with E-state index in [0.29, 0.717) is 13.1 Å². The van der Waals surface area contributed by atoms with E-state index >= 15 is 0 Å². The van der Waals surface area contributed by atoms with Gasteiger partial charge in [0.05, 0.1) is 7.11 Å². The van der Waals surface area contributed by atoms with E-state index in [1.54, 1.807) is 7.11 Å². The predicted octanol–water partition coefficient (Wildman–Crippen LogP) is 2.71. The van der Waals surface area contributed by atoms with Crippen molar-refractivity contribution in [1.29, 1.82) is 0 Å². The molecular formula is C19H26N2O3. The van der Waals surface area contributed by atoms with Crippen molar-refractivity contribution in [2.24, 2.45) is 0 Å². The topological polar surface area (TPSA) is 67.4 Å². The number of hydrogen-bond acceptors (Lipinski definition) is 3. The van der Waals surface area contributed by atoms with Crippen LogP contribution in [0.15, 0.2) is 35.9 Å². The number of allylic oxidation sites excluding steroid dienone is 1. The van der Waals surface area contributed by atoms with Gasteiger partial charge in [0.15, 0.2) is 0 Å². The van der Waals surface area contributed by atoms with Crippen LogP contribution < -0.4 is 15.4 Å². The molecule has 2 amide bonds. The van der Waals surface area contributed by atoms with Crippen LogP contribution in [-0.4, -0.2) is 25.5 Å². The molecule has 0 aromatic heterocycles. The fraction of sp³-hybridized carbons (Fsp3) is 0.474. The van der Waals surface area contributed by atoms with Crippen LogP contribution in [0.3, 0.4) is 0 Å². The number of carbonyl (C=O) groups is 2. The zero-order chi connectivity index (χ0) is 17.2. The number of methoxy groups -OCH3 is 1. The zero-order valence-corrected chi connectivity index (χ0v) is 14.3. The van der Waals surface area contributed by atoms with Gasteiger partial charge in [-0.2, -0.15) is 0 Å². The number of carbonyl (C=O) groups excluding carboxylic acids is 2. The first-order valence-corrected chi connectivity index (χ1v) is 8.51. The normalized spacial score (nSPS) is 13.8. The predicted molar refractivity (Wildman–Crippen MR) is 93.6 cm³/mol. The summed E-state index contributed by atoms with van der Waals surface area (Å²) < 4.78 is 5.08. The summed E-state index contributed by atoms with van der Waals surface area (Å²) in [6, 6.07) is 7.45. The van der Waals surface area contributed by atoms with Gasteiger partial charge in [-0.1, -0.05) is 23.8 Å². The zero-order valence-electron chi connectivity index (χ0n) is 14.3. The van der Waals surface area contributed by atoms with Crippen LogP contribution in [0.5, 0.6) is 5.75 Å². The second kappa shape index (κ2) is 9.75. The summed E-state index contributed by atoms with van der Waals surface area (Å²) in [7, 11) is 1.61. The van der Waals surface area contributed by atoms with Crippen LogP contribution in [0.4, 0.5) is 0 Å². The van der Waals surface area contributed by atoms with Gasteiger partial charge < -0.3 is 15.4 Å². The van der Waals surface area contributed by atoms with Crippen molar-refractivity contribution in [2.75, 3.05) is 13.7 Å². The van der Waals surface area contributed by atoms with E-state index in [1.807, 2.05) is 24.3 Å². The highest BCUT2D eigenvalue weighted by molar-refractivity contribution is 5.96. The molecule has 0 radical (unpaired) electrons. The van der Waals surface area contributed by atoms with Gasteiger partial charge in [-0.15, -0.1) is 0 Å². The van der Waals surface area contributed by atoms with E-state index in [2.05, 4.69) is 16.7 Å². The standard InChI is InChI=1S/C19H26N2O3/c1-24-17-9-7-16(8-10-17)14-21-19(23)13-18(22)20-12-11-15-5-3-2-4-6-15/h5,7-10H,2-4,6,11-14H2,1H3,(H,20,22)(H,21,23). The maximum absolute atomic E-state index is 11.8. The molecule has 0 atom stereocenters. The molecule has 0 aliphatic heterocycles. The molecule has 5 heteroatoms. The summed E-state index contributed by atoms with van der Waals surface area (Å²) in [6.07, 6.45) is 7.83. The lowest BCUT2D eigenvalue weighted by atomic mass is 9.97. The van der Waals surface area contributed by atoms with E-state index in [1.165, 1.54) is 18.4 Å². The Labute approximate surface area is 143 Å². The summed E-state index contributed by atoms with van der Waals surface area (Å²) in [4.78, 5) is 23.6. The number of ether oxygens (including phenoxy) is 1. The maximum atomic E-state index is 11.8. The number of hydrogen-bond donors (Lipinski definition) is 2. The van der Waals surface area contributed by atoms with Crippen molar-refractivity contribution in [3.05, 3.63) is 41.5 Å². The molecule has 130 valence electrons. The summed E-state index contributed by atoms with van der Waals surface area (Å²) in [6.45, 7) is 1.01. The van der Waals surface area contributed by atoms with E-state index in [9.17, 15) is 9.59 Å². The van der Waals surface area contributed by atoms with Gasteiger partial charge in [0, 0.05) is 13.1 Å². The maximum Gasteiger partial charge on any atom is 0.229 e. The monoisotopic (exact) mass is 330 g/mol. The fourth-order valence-corrected chi connectivity index (χ4v) is 2.71. The minimum atomic E-state index is -0.264. The highest BCUT2D eigenvalue weighted by atomic mass is 16.5. The summed E-state index contributed by atoms with van der Waals surface area (Å²) in [5.74, 6) is 0.288. The molecule has 0 bridgehead atoms. The van der Waals surface area contributed by atoms with E-state index in [4.69, 9.17) is 4.74 Å². The van der Waals surface area contributed by atoms with Crippen molar-refractivity contribution in [1.82, 2.24) is 10.6 Å². The highest BCUT2D eigenvalue weighted by Gasteiger charge is 2.09. The highest BCUT2D eigenvalue weighted by Crippen LogP contribution is 2.19. The molecule has 0 fully saturated rings. The first-order chi connectivity index (χ1) is 11.7. The molecule has 1 aliphatic carbocycles. The second-order valence-corrected chi connectivity index (χ2v) is 6.01. The molecular weight excluding hydrogens is 304 g/mol. The fourth-order valence-electron chi connectivity index (χ4n) is 2.71. The van der Waals surface area contributed by atoms with Gasteiger partial charge in [-0.3, -0.25) is 9.59 Å². The summed E-state index contributed by atoms with van der Waals surface area (Å²) in [5, 5.41) is 5.57. The second-order valence-electron chi connectivity index (χ2n) is 6.01. The Morgan fingerprint density at radius 2 is 1.83 bits per heavy atom. The Balaban J connectivity index is 1.62. The molecule has 0 saturated heterocycles. The van der Waals surface area contributed by atoms with Crippen molar-refractivity contribution < 1.29 is 14.3 Å². The molecule has 2 N–H and O–H groups in total. The Bertz CT molecular complexity index is 579. The molecule has 1 aliphatic rings. The van der Waals surface area contributed by atoms with Crippen LogP contribution in [0.25, 0.3) is 0 Å². The van der Waals surface area contributed by atoms with Gasteiger partial charge >= 0.3 is 0 Å². The molecule has 0 saturated carbocycles. The molecule has 24 heavy (non-hydrogen) atoms. The largest absolute Gasteiger partial charge is 0.497 e. The lowest BCUT2D eigenvalue weighted by Crippen LogP contribution is -2.32. The Hall–Kier alpha value is -2.30. The third kappa shape index (κ3) is 6.44. The van der Waals surface area contributed by atoms with Gasteiger partial charge in [-0.25, -0.2) is 0 Å². The van der Waals surface area contributed by atoms with E-state index in [0.717, 1.165) is 30.6 Å². The smallest absolute Gasteiger partial charge is 0.229 e. The van der Waals surface area contributed by atoms with Gasteiger partial charge in [0.25, 0.3) is 0 Å². The van der Waals surface area contributed by atoms with Crippen molar-refractivity contribution in [3.63, 3.8) is 0 Å². The van der Waals surface area contributed by atoms with Crippen LogP contribution in [0, 0.1) is 0 Å². The number of nitrogens with one attached hydrogen (secondary N) is 2. The van der Waals surface area contributed by atoms with Crippen LogP contribution in [0.2, 0.25) is 0 Å². The third-order valence-corrected chi connectivity index (χ3v) is 4.12. The SMILES string of the molecule is COc1ccc(CNC(=O)CC(=O)NCCC2=CCCCC2)cc1. The number of benzene rings is 1. The molecule has 2 rings (SSSR count). The average molecular weight is 330 g/mol. The molecule has 0 spiro atoms. The lowest BCUT2D eigenvalue weighted by Gasteiger charge is -2.13. The Kier molecular flexibility index (Phi) is 7.33. The van der Waals surface area contributed by atoms with Crippen molar-refractivity contribution >= 4 is 11.8 Å². The van der Waals surface area contributed by atoms with Crippen molar-refractivity contribution in [2.45, 2.75) is 45.1 Å². The summed E-state index contributed by atoms with van der Waals surface area (Å²) >= 11 is 0. The molecule has 1 aromatic rings. The van der Waals surface area contributed by atoms with Gasteiger partial charge in [0.1, 0.15) is 12.2 Å². The Morgan fingerprint density at radius 3 is 2.50 bits per heavy atom. The number of amides is 2. The van der Waals surface area contributed by atoms with Crippen LogP contribution in [0.1, 0.15) is 44.1 Å². The molecule has 0 heterocycles. The van der Waals surface area contributed by atoms with E-state index in [-0.39, 0.29) is 18.2 Å². The first kappa shape index (κ1) is 18.0. The summed E-state index contributed by atoms with van der Waals surface area (Å²) in [5.41, 5.74) is 2.39. The van der Waals surface area contributed by atoms with Crippen LogP contribution in [-0.2, 0) is 16.1 Å². The molecule has 5 nitrogen and oxygen atoms in total. The minimum absolute atomic E-state index is 0.130. The van der Waals surface area contributed by atoms with E-state index < -0.39 is 0 Å². The van der Waals surface area contributed by atoms with Gasteiger partial charge in [0.2, 0.25) is 11.8 Å².